The number of carbonyl (C=O) groups excluding carboxylic acids is 2. The summed E-state index contributed by atoms with van der Waals surface area (Å²) in [4.78, 5) is 24.7. The van der Waals surface area contributed by atoms with Crippen LogP contribution in [0.4, 0.5) is 4.79 Å². The van der Waals surface area contributed by atoms with Crippen molar-refractivity contribution in [2.75, 3.05) is 73.1 Å². The summed E-state index contributed by atoms with van der Waals surface area (Å²) in [5.74, 6) is -0.703. The average molecular weight is 517 g/mol. The third-order valence-corrected chi connectivity index (χ3v) is 5.78. The number of esters is 1. The molecule has 0 saturated carbocycles. The molecule has 1 amide bonds. The molecule has 10 heteroatoms. The van der Waals surface area contributed by atoms with Crippen molar-refractivity contribution in [3.8, 4) is 11.1 Å². The molecule has 2 aromatic rings. The van der Waals surface area contributed by atoms with E-state index in [9.17, 15) is 9.59 Å². The molecule has 1 aliphatic rings. The number of methoxy groups -OCH3 is 1. The number of hydrogen-bond acceptors (Lipinski definition) is 9. The fourth-order valence-corrected chi connectivity index (χ4v) is 4.04. The molecule has 0 fully saturated rings. The Morgan fingerprint density at radius 1 is 0.811 bits per heavy atom. The van der Waals surface area contributed by atoms with Gasteiger partial charge < -0.3 is 39.5 Å². The summed E-state index contributed by atoms with van der Waals surface area (Å²) in [7, 11) is 1.25. The summed E-state index contributed by atoms with van der Waals surface area (Å²) in [5.41, 5.74) is 9.82. The van der Waals surface area contributed by atoms with Gasteiger partial charge >= 0.3 is 12.1 Å². The minimum Gasteiger partial charge on any atom is -0.467 e. The molecule has 2 aromatic carbocycles. The van der Waals surface area contributed by atoms with Crippen molar-refractivity contribution < 1.29 is 38.0 Å². The summed E-state index contributed by atoms with van der Waals surface area (Å²) in [6.45, 7) is 3.41. The van der Waals surface area contributed by atoms with Crippen LogP contribution in [-0.2, 0) is 33.2 Å². The summed E-state index contributed by atoms with van der Waals surface area (Å²) in [5, 5.41) is 2.54. The Labute approximate surface area is 217 Å². The minimum atomic E-state index is -1.00. The van der Waals surface area contributed by atoms with Gasteiger partial charge in [0, 0.05) is 12.5 Å². The number of rotatable bonds is 17. The van der Waals surface area contributed by atoms with E-state index < -0.39 is 18.1 Å². The van der Waals surface area contributed by atoms with Gasteiger partial charge in [0.25, 0.3) is 0 Å². The van der Waals surface area contributed by atoms with E-state index in [2.05, 4.69) is 17.4 Å². The van der Waals surface area contributed by atoms with Gasteiger partial charge in [-0.2, -0.15) is 0 Å². The van der Waals surface area contributed by atoms with Gasteiger partial charge in [-0.25, -0.2) is 9.59 Å². The highest BCUT2D eigenvalue weighted by Gasteiger charge is 2.30. The number of hydrogen-bond donors (Lipinski definition) is 2. The first kappa shape index (κ1) is 28.5. The lowest BCUT2D eigenvalue weighted by molar-refractivity contribution is -0.144. The Morgan fingerprint density at radius 2 is 1.32 bits per heavy atom. The number of benzene rings is 2. The second-order valence-corrected chi connectivity index (χ2v) is 8.25. The van der Waals surface area contributed by atoms with Crippen LogP contribution in [0.3, 0.4) is 0 Å². The molecular formula is C27H36N2O8. The first-order valence-corrected chi connectivity index (χ1v) is 12.4. The van der Waals surface area contributed by atoms with Gasteiger partial charge in [-0.3, -0.25) is 0 Å². The van der Waals surface area contributed by atoms with Gasteiger partial charge in [0.05, 0.1) is 60.0 Å². The number of alkyl carbamates (subject to hydrolysis) is 1. The molecule has 37 heavy (non-hydrogen) atoms. The lowest BCUT2D eigenvalue weighted by Gasteiger charge is -2.18. The number of nitrogens with one attached hydrogen (secondary N) is 1. The van der Waals surface area contributed by atoms with Crippen LogP contribution in [-0.4, -0.2) is 91.2 Å². The van der Waals surface area contributed by atoms with Gasteiger partial charge in [-0.15, -0.1) is 0 Å². The van der Waals surface area contributed by atoms with E-state index in [1.165, 1.54) is 7.11 Å². The molecule has 0 aromatic heterocycles. The van der Waals surface area contributed by atoms with Crippen molar-refractivity contribution in [3.63, 3.8) is 0 Å². The molecule has 0 radical (unpaired) electrons. The smallest absolute Gasteiger partial charge is 0.407 e. The predicted octanol–water partition coefficient (Wildman–Crippen LogP) is 2.09. The van der Waals surface area contributed by atoms with Crippen LogP contribution < -0.4 is 11.1 Å². The molecule has 3 rings (SSSR count). The molecule has 0 saturated heterocycles. The molecule has 0 spiro atoms. The Balaban J connectivity index is 1.36. The van der Waals surface area contributed by atoms with Crippen LogP contribution >= 0.6 is 0 Å². The molecule has 1 aliphatic carbocycles. The molecule has 0 bridgehead atoms. The van der Waals surface area contributed by atoms with Crippen molar-refractivity contribution in [1.82, 2.24) is 5.32 Å². The van der Waals surface area contributed by atoms with Gasteiger partial charge in [0.2, 0.25) is 0 Å². The highest BCUT2D eigenvalue weighted by Crippen LogP contribution is 2.44. The molecule has 202 valence electrons. The topological polar surface area (TPSA) is 128 Å². The summed E-state index contributed by atoms with van der Waals surface area (Å²) >= 11 is 0. The van der Waals surface area contributed by atoms with Crippen LogP contribution in [0.2, 0.25) is 0 Å². The maximum atomic E-state index is 12.5. The molecule has 10 nitrogen and oxygen atoms in total. The van der Waals surface area contributed by atoms with E-state index in [-0.39, 0.29) is 25.7 Å². The van der Waals surface area contributed by atoms with Gasteiger partial charge in [-0.05, 0) is 22.3 Å². The molecule has 1 unspecified atom stereocenters. The SMILES string of the molecule is COC(=O)C(COCCOCCOCCOCCN)NC(=O)OCC1c2ccccc2-c2ccccc21. The number of amides is 1. The monoisotopic (exact) mass is 516 g/mol. The molecular weight excluding hydrogens is 480 g/mol. The normalized spacial score (nSPS) is 13.0. The lowest BCUT2D eigenvalue weighted by Crippen LogP contribution is -2.45. The van der Waals surface area contributed by atoms with Crippen molar-refractivity contribution >= 4 is 12.1 Å². The highest BCUT2D eigenvalue weighted by molar-refractivity contribution is 5.82. The van der Waals surface area contributed by atoms with Gasteiger partial charge in [0.1, 0.15) is 6.61 Å². The summed E-state index contributed by atoms with van der Waals surface area (Å²) < 4.78 is 31.8. The van der Waals surface area contributed by atoms with Crippen LogP contribution in [0.25, 0.3) is 11.1 Å². The first-order valence-electron chi connectivity index (χ1n) is 12.4. The molecule has 0 heterocycles. The quantitative estimate of drug-likeness (QED) is 0.240. The number of nitrogens with two attached hydrogens (primary N) is 1. The molecule has 0 aliphatic heterocycles. The van der Waals surface area contributed by atoms with Crippen LogP contribution in [0.15, 0.2) is 48.5 Å². The first-order chi connectivity index (χ1) is 18.2. The maximum Gasteiger partial charge on any atom is 0.407 e. The highest BCUT2D eigenvalue weighted by atomic mass is 16.6. The molecule has 3 N–H and O–H groups in total. The van der Waals surface area contributed by atoms with Crippen LogP contribution in [0, 0.1) is 0 Å². The number of carbonyl (C=O) groups is 2. The van der Waals surface area contributed by atoms with E-state index in [4.69, 9.17) is 34.2 Å². The Bertz CT molecular complexity index is 941. The fourth-order valence-electron chi connectivity index (χ4n) is 4.04. The largest absolute Gasteiger partial charge is 0.467 e. The number of fused-ring (bicyclic) bond motifs is 3. The Hall–Kier alpha value is -3.02. The van der Waals surface area contributed by atoms with Crippen molar-refractivity contribution in [1.29, 1.82) is 0 Å². The van der Waals surface area contributed by atoms with E-state index >= 15 is 0 Å². The minimum absolute atomic E-state index is 0.0742. The average Bonchev–Trinajstić information content (AvgIpc) is 3.25. The van der Waals surface area contributed by atoms with Crippen molar-refractivity contribution in [2.45, 2.75) is 12.0 Å². The van der Waals surface area contributed by atoms with Crippen molar-refractivity contribution in [3.05, 3.63) is 59.7 Å². The zero-order valence-electron chi connectivity index (χ0n) is 21.2. The van der Waals surface area contributed by atoms with Crippen LogP contribution in [0.5, 0.6) is 0 Å². The van der Waals surface area contributed by atoms with Gasteiger partial charge in [0.15, 0.2) is 6.04 Å². The summed E-state index contributed by atoms with van der Waals surface area (Å²) in [6, 6.07) is 15.1. The van der Waals surface area contributed by atoms with E-state index in [1.54, 1.807) is 0 Å². The lowest BCUT2D eigenvalue weighted by atomic mass is 9.98. The Morgan fingerprint density at radius 3 is 1.86 bits per heavy atom. The fraction of sp³-hybridized carbons (Fsp3) is 0.481. The maximum absolute atomic E-state index is 12.5. The summed E-state index contributed by atoms with van der Waals surface area (Å²) in [6.07, 6.45) is -0.718. The van der Waals surface area contributed by atoms with Crippen LogP contribution in [0.1, 0.15) is 17.0 Å². The second kappa shape index (κ2) is 16.0. The number of ether oxygens (including phenoxy) is 6. The van der Waals surface area contributed by atoms with Gasteiger partial charge in [-0.1, -0.05) is 48.5 Å². The Kier molecular flexibility index (Phi) is 12.3. The van der Waals surface area contributed by atoms with E-state index in [0.717, 1.165) is 22.3 Å². The van der Waals surface area contributed by atoms with E-state index in [0.29, 0.717) is 46.2 Å². The third-order valence-electron chi connectivity index (χ3n) is 5.78. The zero-order chi connectivity index (χ0) is 26.3. The second-order valence-electron chi connectivity index (χ2n) is 8.25. The standard InChI is InChI=1S/C27H36N2O8/c1-32-26(30)25(19-36-17-16-35-15-14-34-13-12-33-11-10-28)29-27(31)37-18-24-22-8-4-2-6-20(22)21-7-3-5-9-23(21)24/h2-9,24-25H,10-19,28H2,1H3,(H,29,31). The third kappa shape index (κ3) is 8.80. The van der Waals surface area contributed by atoms with E-state index in [1.807, 2.05) is 36.4 Å². The predicted molar refractivity (Wildman–Crippen MR) is 136 cm³/mol. The molecule has 1 atom stereocenters. The van der Waals surface area contributed by atoms with Crippen molar-refractivity contribution in [2.24, 2.45) is 5.73 Å². The zero-order valence-corrected chi connectivity index (χ0v) is 21.2.